The highest BCUT2D eigenvalue weighted by molar-refractivity contribution is 8.27. The number of thioether (sulfide) groups is 1. The molecule has 0 atom stereocenters. The third-order valence-electron chi connectivity index (χ3n) is 3.59. The maximum atomic E-state index is 12.7. The lowest BCUT2D eigenvalue weighted by Gasteiger charge is -2.14. The SMILES string of the molecule is COc1ccc(/C=C2\SC(=S)N(c3ccc(C)cc3)C2=O)cc1O. The molecule has 1 amide bonds. The molecule has 24 heavy (non-hydrogen) atoms. The summed E-state index contributed by atoms with van der Waals surface area (Å²) in [4.78, 5) is 14.7. The van der Waals surface area contributed by atoms with Crippen molar-refractivity contribution in [3.8, 4) is 11.5 Å². The molecular weight excluding hydrogens is 342 g/mol. The van der Waals surface area contributed by atoms with E-state index in [1.54, 1.807) is 24.3 Å². The number of aromatic hydroxyl groups is 1. The van der Waals surface area contributed by atoms with Crippen LogP contribution in [0.3, 0.4) is 0 Å². The third kappa shape index (κ3) is 3.16. The van der Waals surface area contributed by atoms with Crippen molar-refractivity contribution >= 4 is 46.0 Å². The first-order chi connectivity index (χ1) is 11.5. The van der Waals surface area contributed by atoms with E-state index < -0.39 is 0 Å². The Morgan fingerprint density at radius 2 is 1.92 bits per heavy atom. The third-order valence-corrected chi connectivity index (χ3v) is 4.89. The summed E-state index contributed by atoms with van der Waals surface area (Å²) in [5.41, 5.74) is 2.58. The van der Waals surface area contributed by atoms with Crippen molar-refractivity contribution in [1.82, 2.24) is 0 Å². The Balaban J connectivity index is 1.90. The van der Waals surface area contributed by atoms with E-state index in [9.17, 15) is 9.90 Å². The van der Waals surface area contributed by atoms with Crippen molar-refractivity contribution in [2.75, 3.05) is 12.0 Å². The molecule has 1 aliphatic heterocycles. The zero-order chi connectivity index (χ0) is 17.3. The van der Waals surface area contributed by atoms with Crippen molar-refractivity contribution in [2.45, 2.75) is 6.92 Å². The Morgan fingerprint density at radius 3 is 2.54 bits per heavy atom. The molecule has 122 valence electrons. The van der Waals surface area contributed by atoms with Gasteiger partial charge in [-0.1, -0.05) is 47.7 Å². The Kier molecular flexibility index (Phi) is 4.59. The Bertz CT molecular complexity index is 844. The number of anilines is 1. The van der Waals surface area contributed by atoms with Crippen molar-refractivity contribution < 1.29 is 14.6 Å². The van der Waals surface area contributed by atoms with Gasteiger partial charge in [-0.3, -0.25) is 9.69 Å². The standard InChI is InChI=1S/C18H15NO3S2/c1-11-3-6-13(7-4-11)19-17(21)16(24-18(19)23)10-12-5-8-15(22-2)14(20)9-12/h3-10,20H,1-2H3/b16-10-. The smallest absolute Gasteiger partial charge is 0.270 e. The van der Waals surface area contributed by atoms with Gasteiger partial charge in [0, 0.05) is 0 Å². The zero-order valence-electron chi connectivity index (χ0n) is 13.1. The van der Waals surface area contributed by atoms with Crippen molar-refractivity contribution in [1.29, 1.82) is 0 Å². The van der Waals surface area contributed by atoms with E-state index in [1.165, 1.54) is 23.8 Å². The van der Waals surface area contributed by atoms with Crippen molar-refractivity contribution in [3.05, 3.63) is 58.5 Å². The molecule has 0 aliphatic carbocycles. The fourth-order valence-corrected chi connectivity index (χ4v) is 3.63. The average molecular weight is 357 g/mol. The maximum absolute atomic E-state index is 12.7. The van der Waals surface area contributed by atoms with Gasteiger partial charge in [-0.05, 0) is 42.8 Å². The summed E-state index contributed by atoms with van der Waals surface area (Å²) in [5, 5.41) is 9.86. The van der Waals surface area contributed by atoms with Crippen molar-refractivity contribution in [2.24, 2.45) is 0 Å². The second-order valence-electron chi connectivity index (χ2n) is 5.28. The van der Waals surface area contributed by atoms with Crippen LogP contribution < -0.4 is 9.64 Å². The molecule has 0 saturated carbocycles. The largest absolute Gasteiger partial charge is 0.504 e. The quantitative estimate of drug-likeness (QED) is 0.662. The lowest BCUT2D eigenvalue weighted by atomic mass is 10.1. The molecule has 6 heteroatoms. The molecule has 0 unspecified atom stereocenters. The molecule has 0 spiro atoms. The number of carbonyl (C=O) groups excluding carboxylic acids is 1. The van der Waals surface area contributed by atoms with Crippen LogP contribution in [-0.4, -0.2) is 22.4 Å². The highest BCUT2D eigenvalue weighted by atomic mass is 32.2. The molecule has 1 heterocycles. The number of amides is 1. The maximum Gasteiger partial charge on any atom is 0.270 e. The van der Waals surface area contributed by atoms with Crippen LogP contribution in [0, 0.1) is 6.92 Å². The van der Waals surface area contributed by atoms with E-state index in [4.69, 9.17) is 17.0 Å². The molecule has 2 aromatic rings. The Hall–Kier alpha value is -2.31. The van der Waals surface area contributed by atoms with Crippen LogP contribution in [0.2, 0.25) is 0 Å². The normalized spacial score (nSPS) is 16.1. The van der Waals surface area contributed by atoms with E-state index in [0.29, 0.717) is 20.5 Å². The number of methoxy groups -OCH3 is 1. The summed E-state index contributed by atoms with van der Waals surface area (Å²) in [6.07, 6.45) is 1.71. The first kappa shape index (κ1) is 16.5. The lowest BCUT2D eigenvalue weighted by molar-refractivity contribution is -0.113. The van der Waals surface area contributed by atoms with Crippen LogP contribution in [0.4, 0.5) is 5.69 Å². The molecular formula is C18H15NO3S2. The van der Waals surface area contributed by atoms with E-state index in [-0.39, 0.29) is 11.7 Å². The minimum atomic E-state index is -0.163. The summed E-state index contributed by atoms with van der Waals surface area (Å²) in [7, 11) is 1.49. The number of benzene rings is 2. The number of phenols is 1. The molecule has 2 aromatic carbocycles. The number of hydrogen-bond acceptors (Lipinski definition) is 5. The minimum absolute atomic E-state index is 0.0280. The summed E-state index contributed by atoms with van der Waals surface area (Å²) in [6, 6.07) is 12.6. The second kappa shape index (κ2) is 6.67. The van der Waals surface area contributed by atoms with E-state index in [1.807, 2.05) is 31.2 Å². The van der Waals surface area contributed by atoms with Gasteiger partial charge in [0.05, 0.1) is 17.7 Å². The summed E-state index contributed by atoms with van der Waals surface area (Å²) < 4.78 is 5.51. The van der Waals surface area contributed by atoms with Crippen LogP contribution in [0.1, 0.15) is 11.1 Å². The molecule has 1 fully saturated rings. The van der Waals surface area contributed by atoms with Gasteiger partial charge >= 0.3 is 0 Å². The lowest BCUT2D eigenvalue weighted by Crippen LogP contribution is -2.27. The molecule has 0 bridgehead atoms. The van der Waals surface area contributed by atoms with Gasteiger partial charge in [0.15, 0.2) is 15.8 Å². The van der Waals surface area contributed by atoms with Crippen LogP contribution >= 0.6 is 24.0 Å². The first-order valence-corrected chi connectivity index (χ1v) is 8.43. The van der Waals surface area contributed by atoms with Gasteiger partial charge in [0.2, 0.25) is 0 Å². The number of rotatable bonds is 3. The highest BCUT2D eigenvalue weighted by Gasteiger charge is 2.33. The number of aryl methyl sites for hydroxylation is 1. The summed E-state index contributed by atoms with van der Waals surface area (Å²) >= 11 is 6.60. The predicted molar refractivity (Wildman–Crippen MR) is 101 cm³/mol. The number of thiocarbonyl (C=S) groups is 1. The molecule has 0 aromatic heterocycles. The van der Waals surface area contributed by atoms with E-state index in [2.05, 4.69) is 0 Å². The Labute approximate surface area is 149 Å². The molecule has 1 N–H and O–H groups in total. The number of hydrogen-bond donors (Lipinski definition) is 1. The van der Waals surface area contributed by atoms with E-state index in [0.717, 1.165) is 11.3 Å². The predicted octanol–water partition coefficient (Wildman–Crippen LogP) is 4.12. The molecule has 1 saturated heterocycles. The number of ether oxygens (including phenoxy) is 1. The minimum Gasteiger partial charge on any atom is -0.504 e. The van der Waals surface area contributed by atoms with Crippen LogP contribution in [0.15, 0.2) is 47.4 Å². The molecule has 0 radical (unpaired) electrons. The summed E-state index contributed by atoms with van der Waals surface area (Å²) in [6.45, 7) is 1.99. The number of phenolic OH excluding ortho intramolecular Hbond substituents is 1. The second-order valence-corrected chi connectivity index (χ2v) is 6.96. The number of carbonyl (C=O) groups is 1. The molecule has 1 aliphatic rings. The van der Waals surface area contributed by atoms with Crippen molar-refractivity contribution in [3.63, 3.8) is 0 Å². The van der Waals surface area contributed by atoms with Crippen LogP contribution in [0.5, 0.6) is 11.5 Å². The van der Waals surface area contributed by atoms with Crippen LogP contribution in [-0.2, 0) is 4.79 Å². The highest BCUT2D eigenvalue weighted by Crippen LogP contribution is 2.37. The van der Waals surface area contributed by atoms with Gasteiger partial charge < -0.3 is 9.84 Å². The van der Waals surface area contributed by atoms with Gasteiger partial charge in [-0.2, -0.15) is 0 Å². The van der Waals surface area contributed by atoms with Gasteiger partial charge in [-0.25, -0.2) is 0 Å². The summed E-state index contributed by atoms with van der Waals surface area (Å²) in [5.74, 6) is 0.253. The first-order valence-electron chi connectivity index (χ1n) is 7.21. The average Bonchev–Trinajstić information content (AvgIpc) is 2.83. The van der Waals surface area contributed by atoms with Gasteiger partial charge in [0.25, 0.3) is 5.91 Å². The fraction of sp³-hybridized carbons (Fsp3) is 0.111. The zero-order valence-corrected chi connectivity index (χ0v) is 14.8. The van der Waals surface area contributed by atoms with E-state index >= 15 is 0 Å². The monoisotopic (exact) mass is 357 g/mol. The fourth-order valence-electron chi connectivity index (χ4n) is 2.33. The van der Waals surface area contributed by atoms with Gasteiger partial charge in [0.1, 0.15) is 0 Å². The number of nitrogens with zero attached hydrogens (tertiary/aromatic N) is 1. The van der Waals surface area contributed by atoms with Crippen LogP contribution in [0.25, 0.3) is 6.08 Å². The molecule has 3 rings (SSSR count). The topological polar surface area (TPSA) is 49.8 Å². The molecule has 4 nitrogen and oxygen atoms in total. The van der Waals surface area contributed by atoms with Gasteiger partial charge in [-0.15, -0.1) is 0 Å². The Morgan fingerprint density at radius 1 is 1.21 bits per heavy atom.